The zero-order valence-corrected chi connectivity index (χ0v) is 13.0. The summed E-state index contributed by atoms with van der Waals surface area (Å²) in [7, 11) is 3.14. The first-order chi connectivity index (χ1) is 10.8. The lowest BCUT2D eigenvalue weighted by Crippen LogP contribution is -2.15. The highest BCUT2D eigenvalue weighted by atomic mass is 32.1. The van der Waals surface area contributed by atoms with Crippen LogP contribution in [0.2, 0.25) is 0 Å². The molecule has 0 fully saturated rings. The predicted octanol–water partition coefficient (Wildman–Crippen LogP) is 2.43. The van der Waals surface area contributed by atoms with Gasteiger partial charge in [-0.2, -0.15) is 4.21 Å². The first-order valence-corrected chi connectivity index (χ1v) is 7.31. The van der Waals surface area contributed by atoms with E-state index in [4.69, 9.17) is 9.47 Å². The van der Waals surface area contributed by atoms with Crippen molar-refractivity contribution in [2.75, 3.05) is 14.2 Å². The highest BCUT2D eigenvalue weighted by Crippen LogP contribution is 2.35. The number of aromatic nitrogens is 1. The molecule has 1 aromatic carbocycles. The molecule has 2 aromatic rings. The SMILES string of the molecule is COc1ccnc(CC2=Nc3ccccc3[N+]2=S=O)c1OC. The van der Waals surface area contributed by atoms with Gasteiger partial charge in [0.05, 0.1) is 19.9 Å². The Morgan fingerprint density at radius 3 is 2.73 bits per heavy atom. The van der Waals surface area contributed by atoms with Crippen LogP contribution in [-0.4, -0.2) is 33.2 Å². The number of hydrogen-bond acceptors (Lipinski definition) is 5. The largest absolute Gasteiger partial charge is 0.493 e. The van der Waals surface area contributed by atoms with Crippen molar-refractivity contribution in [3.8, 4) is 11.5 Å². The average molecular weight is 316 g/mol. The lowest BCUT2D eigenvalue weighted by atomic mass is 10.2. The molecule has 112 valence electrons. The van der Waals surface area contributed by atoms with Crippen LogP contribution in [0.3, 0.4) is 0 Å². The molecule has 0 spiro atoms. The van der Waals surface area contributed by atoms with E-state index in [0.29, 0.717) is 40.9 Å². The van der Waals surface area contributed by atoms with Crippen molar-refractivity contribution in [3.05, 3.63) is 42.2 Å². The Balaban J connectivity index is 2.00. The molecule has 0 N–H and O–H groups in total. The summed E-state index contributed by atoms with van der Waals surface area (Å²) in [6.45, 7) is 0. The quantitative estimate of drug-likeness (QED) is 0.813. The molecule has 0 unspecified atom stereocenters. The first kappa shape index (κ1) is 14.4. The minimum Gasteiger partial charge on any atom is -0.493 e. The van der Waals surface area contributed by atoms with Gasteiger partial charge in [0, 0.05) is 12.3 Å². The lowest BCUT2D eigenvalue weighted by molar-refractivity contribution is -0.269. The van der Waals surface area contributed by atoms with Crippen LogP contribution in [-0.2, 0) is 17.9 Å². The Morgan fingerprint density at radius 2 is 2.00 bits per heavy atom. The molecule has 0 radical (unpaired) electrons. The number of nitrogens with zero attached hydrogens (tertiary/aromatic N) is 3. The molecule has 0 amide bonds. The Morgan fingerprint density at radius 1 is 1.18 bits per heavy atom. The maximum atomic E-state index is 11.5. The Bertz CT molecular complexity index is 813. The van der Waals surface area contributed by atoms with Crippen LogP contribution in [0.5, 0.6) is 11.5 Å². The third-order valence-electron chi connectivity index (χ3n) is 3.35. The van der Waals surface area contributed by atoms with Gasteiger partial charge in [0.15, 0.2) is 17.2 Å². The van der Waals surface area contributed by atoms with Gasteiger partial charge in [0.2, 0.25) is 5.69 Å². The summed E-state index contributed by atoms with van der Waals surface area (Å²) in [5, 5.41) is 0. The van der Waals surface area contributed by atoms with E-state index in [-0.39, 0.29) is 0 Å². The Hall–Kier alpha value is -2.54. The van der Waals surface area contributed by atoms with E-state index in [1.807, 2.05) is 24.3 Å². The van der Waals surface area contributed by atoms with Crippen LogP contribution in [0, 0.1) is 0 Å². The fourth-order valence-corrected chi connectivity index (χ4v) is 2.80. The fraction of sp³-hybridized carbons (Fsp3) is 0.200. The normalized spacial score (nSPS) is 12.6. The molecule has 3 rings (SSSR count). The van der Waals surface area contributed by atoms with E-state index in [2.05, 4.69) is 9.98 Å². The molecule has 1 aliphatic rings. The van der Waals surface area contributed by atoms with Gasteiger partial charge in [-0.05, 0) is 17.1 Å². The molecule has 0 aliphatic carbocycles. The summed E-state index contributed by atoms with van der Waals surface area (Å²) in [6, 6.07) is 9.25. The zero-order chi connectivity index (χ0) is 15.5. The number of amidine groups is 1. The Kier molecular flexibility index (Phi) is 3.97. The second-order valence-electron chi connectivity index (χ2n) is 4.56. The predicted molar refractivity (Wildman–Crippen MR) is 82.6 cm³/mol. The van der Waals surface area contributed by atoms with Crippen molar-refractivity contribution >= 4 is 28.7 Å². The van der Waals surface area contributed by atoms with Gasteiger partial charge in [-0.15, -0.1) is 3.95 Å². The number of pyridine rings is 1. The topological polar surface area (TPSA) is 63.8 Å². The minimum absolute atomic E-state index is 0.379. The molecule has 0 bridgehead atoms. The molecule has 1 aromatic heterocycles. The van der Waals surface area contributed by atoms with Crippen molar-refractivity contribution in [2.45, 2.75) is 6.42 Å². The number of benzene rings is 1. The smallest absolute Gasteiger partial charge is 0.324 e. The molecule has 7 heteroatoms. The monoisotopic (exact) mass is 316 g/mol. The molecule has 22 heavy (non-hydrogen) atoms. The lowest BCUT2D eigenvalue weighted by Gasteiger charge is -2.10. The Labute approximate surface area is 131 Å². The number of methoxy groups -OCH3 is 2. The number of ether oxygens (including phenoxy) is 2. The van der Waals surface area contributed by atoms with Gasteiger partial charge in [0.1, 0.15) is 6.42 Å². The van der Waals surface area contributed by atoms with Gasteiger partial charge in [-0.3, -0.25) is 4.98 Å². The summed E-state index contributed by atoms with van der Waals surface area (Å²) in [6.07, 6.45) is 2.03. The number of rotatable bonds is 4. The van der Waals surface area contributed by atoms with Crippen molar-refractivity contribution in [1.29, 1.82) is 0 Å². The maximum absolute atomic E-state index is 11.5. The van der Waals surface area contributed by atoms with Crippen LogP contribution >= 0.6 is 0 Å². The van der Waals surface area contributed by atoms with Crippen LogP contribution in [0.15, 0.2) is 41.5 Å². The zero-order valence-electron chi connectivity index (χ0n) is 12.1. The maximum Gasteiger partial charge on any atom is 0.324 e. The van der Waals surface area contributed by atoms with E-state index < -0.39 is 0 Å². The molecule has 0 atom stereocenters. The van der Waals surface area contributed by atoms with Gasteiger partial charge < -0.3 is 9.47 Å². The number of aliphatic imine (C=N–C) groups is 1. The molecule has 0 saturated heterocycles. The van der Waals surface area contributed by atoms with E-state index in [9.17, 15) is 4.21 Å². The third kappa shape index (κ3) is 2.39. The molecule has 2 heterocycles. The molecule has 6 nitrogen and oxygen atoms in total. The van der Waals surface area contributed by atoms with Gasteiger partial charge in [-0.1, -0.05) is 12.1 Å². The second-order valence-corrected chi connectivity index (χ2v) is 5.07. The molecular formula is C15H14N3O3S+. The summed E-state index contributed by atoms with van der Waals surface area (Å²) < 4.78 is 23.7. The average Bonchev–Trinajstić information content (AvgIpc) is 2.91. The standard InChI is InChI=1S/C15H14N3O3S/c1-20-13-7-8-16-11(15(13)21-2)9-14-17-10-5-3-4-6-12(10)18(14)22-19/h3-8H,9H2,1-2H3/q+1. The van der Waals surface area contributed by atoms with E-state index >= 15 is 0 Å². The van der Waals surface area contributed by atoms with Crippen LogP contribution < -0.4 is 9.47 Å². The minimum atomic E-state index is 0.379. The van der Waals surface area contributed by atoms with Crippen molar-refractivity contribution in [1.82, 2.24) is 4.98 Å². The van der Waals surface area contributed by atoms with Crippen molar-refractivity contribution in [3.63, 3.8) is 0 Å². The summed E-state index contributed by atoms with van der Waals surface area (Å²) >= 11 is 0.379. The van der Waals surface area contributed by atoms with Crippen LogP contribution in [0.25, 0.3) is 0 Å². The fourth-order valence-electron chi connectivity index (χ4n) is 2.37. The van der Waals surface area contributed by atoms with E-state index in [0.717, 1.165) is 11.4 Å². The van der Waals surface area contributed by atoms with E-state index in [1.165, 1.54) is 0 Å². The number of hydrogen-bond donors (Lipinski definition) is 0. The number of fused-ring (bicyclic) bond motifs is 1. The van der Waals surface area contributed by atoms with Gasteiger partial charge >= 0.3 is 5.84 Å². The highest BCUT2D eigenvalue weighted by molar-refractivity contribution is 7.52. The first-order valence-electron chi connectivity index (χ1n) is 6.61. The van der Waals surface area contributed by atoms with Crippen LogP contribution in [0.4, 0.5) is 11.4 Å². The molecule has 1 aliphatic heterocycles. The molecular weight excluding hydrogens is 302 g/mol. The second kappa shape index (κ2) is 6.07. The van der Waals surface area contributed by atoms with Gasteiger partial charge in [-0.25, -0.2) is 0 Å². The van der Waals surface area contributed by atoms with Crippen LogP contribution in [0.1, 0.15) is 5.69 Å². The highest BCUT2D eigenvalue weighted by Gasteiger charge is 2.32. The third-order valence-corrected chi connectivity index (χ3v) is 3.91. The molecule has 0 saturated carbocycles. The summed E-state index contributed by atoms with van der Waals surface area (Å²) in [5.41, 5.74) is 2.24. The summed E-state index contributed by atoms with van der Waals surface area (Å²) in [5.74, 6) is 1.78. The van der Waals surface area contributed by atoms with Crippen molar-refractivity contribution < 1.29 is 17.6 Å². The van der Waals surface area contributed by atoms with E-state index in [1.54, 1.807) is 30.4 Å². The van der Waals surface area contributed by atoms with Gasteiger partial charge in [0.25, 0.3) is 11.5 Å². The van der Waals surface area contributed by atoms with Crippen molar-refractivity contribution in [2.24, 2.45) is 4.99 Å². The summed E-state index contributed by atoms with van der Waals surface area (Å²) in [4.78, 5) is 8.84. The number of para-hydroxylation sites is 2.